The number of rotatable bonds is 9. The molecule has 0 saturated heterocycles. The summed E-state index contributed by atoms with van der Waals surface area (Å²) in [5.41, 5.74) is 21.3. The first-order chi connectivity index (χ1) is 18.7. The van der Waals surface area contributed by atoms with Gasteiger partial charge in [0.15, 0.2) is 0 Å². The van der Waals surface area contributed by atoms with Crippen molar-refractivity contribution >= 4 is 11.8 Å². The summed E-state index contributed by atoms with van der Waals surface area (Å²) in [4.78, 5) is 26.6. The van der Waals surface area contributed by atoms with E-state index in [1.54, 1.807) is 12.1 Å². The summed E-state index contributed by atoms with van der Waals surface area (Å²) in [5.74, 6) is -0.629. The molecule has 4 atom stereocenters. The molecule has 0 spiro atoms. The third kappa shape index (κ3) is 8.52. The van der Waals surface area contributed by atoms with Crippen LogP contribution in [0.1, 0.15) is 36.8 Å². The smallest absolute Gasteiger partial charge is 0.243 e. The predicted molar refractivity (Wildman–Crippen MR) is 153 cm³/mol. The Morgan fingerprint density at radius 3 is 2.54 bits per heavy atom. The van der Waals surface area contributed by atoms with Crippen LogP contribution in [0.2, 0.25) is 0 Å². The monoisotopic (exact) mass is 538 g/mol. The number of phenols is 1. The topological polar surface area (TPSA) is 189 Å². The van der Waals surface area contributed by atoms with Gasteiger partial charge in [-0.2, -0.15) is 0 Å². The van der Waals surface area contributed by atoms with Crippen molar-refractivity contribution < 1.29 is 19.8 Å². The highest BCUT2D eigenvalue weighted by molar-refractivity contribution is 5.84. The average Bonchev–Trinajstić information content (AvgIpc) is 2.93. The molecule has 0 aromatic heterocycles. The number of benzene rings is 2. The molecule has 1 aliphatic rings. The molecule has 212 valence electrons. The van der Waals surface area contributed by atoms with Crippen molar-refractivity contribution in [2.45, 2.75) is 62.7 Å². The third-order valence-electron chi connectivity index (χ3n) is 6.99. The molecule has 3 rings (SSSR count). The van der Waals surface area contributed by atoms with Crippen molar-refractivity contribution in [3.63, 3.8) is 0 Å². The van der Waals surface area contributed by atoms with E-state index in [-0.39, 0.29) is 24.7 Å². The van der Waals surface area contributed by atoms with Crippen molar-refractivity contribution in [2.24, 2.45) is 17.2 Å². The van der Waals surface area contributed by atoms with Gasteiger partial charge in [-0.15, -0.1) is 0 Å². The Balaban J connectivity index is 2.01. The molecule has 11 N–H and O–H groups in total. The highest BCUT2D eigenvalue weighted by atomic mass is 16.3. The minimum Gasteiger partial charge on any atom is -0.508 e. The summed E-state index contributed by atoms with van der Waals surface area (Å²) >= 11 is 0. The molecule has 0 saturated carbocycles. The minimum absolute atomic E-state index is 0.0676. The zero-order valence-electron chi connectivity index (χ0n) is 22.4. The number of phenolic OH excluding ortho intramolecular Hbond substituents is 1. The van der Waals surface area contributed by atoms with E-state index < -0.39 is 30.1 Å². The molecule has 39 heavy (non-hydrogen) atoms. The fourth-order valence-electron chi connectivity index (χ4n) is 4.71. The minimum atomic E-state index is -0.914. The van der Waals surface area contributed by atoms with Crippen molar-refractivity contribution in [2.75, 3.05) is 19.7 Å². The second kappa shape index (κ2) is 14.6. The molecule has 2 amide bonds. The average molecular weight is 539 g/mol. The van der Waals surface area contributed by atoms with Crippen LogP contribution in [-0.4, -0.2) is 65.9 Å². The third-order valence-corrected chi connectivity index (χ3v) is 6.99. The fourth-order valence-corrected chi connectivity index (χ4v) is 4.71. The summed E-state index contributed by atoms with van der Waals surface area (Å²) in [7, 11) is 0. The summed E-state index contributed by atoms with van der Waals surface area (Å²) < 4.78 is 0. The number of aromatic hydroxyl groups is 1. The lowest BCUT2D eigenvalue weighted by Crippen LogP contribution is -2.53. The van der Waals surface area contributed by atoms with Gasteiger partial charge >= 0.3 is 0 Å². The van der Waals surface area contributed by atoms with Crippen LogP contribution in [0.25, 0.3) is 11.1 Å². The number of carbonyl (C=O) groups excluding carboxylic acids is 2. The largest absolute Gasteiger partial charge is 0.508 e. The molecule has 0 aliphatic carbocycles. The Morgan fingerprint density at radius 1 is 1.08 bits per heavy atom. The van der Waals surface area contributed by atoms with E-state index in [0.717, 1.165) is 16.7 Å². The number of hydrogen-bond donors (Lipinski definition) is 8. The van der Waals surface area contributed by atoms with Crippen LogP contribution in [0.3, 0.4) is 0 Å². The Labute approximate surface area is 230 Å². The van der Waals surface area contributed by atoms with E-state index in [1.807, 2.05) is 30.3 Å². The zero-order valence-corrected chi connectivity index (χ0v) is 22.4. The van der Waals surface area contributed by atoms with E-state index in [9.17, 15) is 19.8 Å². The maximum absolute atomic E-state index is 13.5. The van der Waals surface area contributed by atoms with E-state index >= 15 is 0 Å². The van der Waals surface area contributed by atoms with Crippen molar-refractivity contribution in [1.82, 2.24) is 16.0 Å². The van der Waals surface area contributed by atoms with E-state index in [1.165, 1.54) is 0 Å². The van der Waals surface area contributed by atoms with Crippen molar-refractivity contribution in [1.29, 1.82) is 0 Å². The first-order valence-electron chi connectivity index (χ1n) is 13.5. The summed E-state index contributed by atoms with van der Waals surface area (Å²) in [6, 6.07) is 10.4. The molecule has 10 nitrogen and oxygen atoms in total. The van der Waals surface area contributed by atoms with Gasteiger partial charge in [-0.25, -0.2) is 0 Å². The Bertz CT molecular complexity index is 1140. The zero-order chi connectivity index (χ0) is 28.4. The summed E-state index contributed by atoms with van der Waals surface area (Å²) in [5, 5.41) is 29.4. The van der Waals surface area contributed by atoms with Gasteiger partial charge in [0.25, 0.3) is 0 Å². The van der Waals surface area contributed by atoms with Crippen LogP contribution in [0.15, 0.2) is 54.7 Å². The predicted octanol–water partition coefficient (Wildman–Crippen LogP) is 0.397. The molecule has 2 aromatic carbocycles. The second-order valence-corrected chi connectivity index (χ2v) is 10.1. The highest BCUT2D eigenvalue weighted by Gasteiger charge is 2.27. The number of aliphatic hydroxyl groups is 1. The molecule has 0 unspecified atom stereocenters. The normalized spacial score (nSPS) is 20.7. The van der Waals surface area contributed by atoms with Gasteiger partial charge < -0.3 is 43.4 Å². The number of hydrogen-bond acceptors (Lipinski definition) is 8. The van der Waals surface area contributed by atoms with Crippen LogP contribution < -0.4 is 33.2 Å². The molecule has 2 aromatic rings. The van der Waals surface area contributed by atoms with E-state index in [2.05, 4.69) is 22.5 Å². The maximum Gasteiger partial charge on any atom is 0.243 e. The van der Waals surface area contributed by atoms with E-state index in [4.69, 9.17) is 17.2 Å². The quantitative estimate of drug-likeness (QED) is 0.225. The maximum atomic E-state index is 13.5. The second-order valence-electron chi connectivity index (χ2n) is 10.1. The number of carbonyl (C=O) groups is 2. The Morgan fingerprint density at radius 2 is 1.82 bits per heavy atom. The lowest BCUT2D eigenvalue weighted by molar-refractivity contribution is -0.124. The van der Waals surface area contributed by atoms with Gasteiger partial charge in [0.05, 0.1) is 24.7 Å². The van der Waals surface area contributed by atoms with Crippen LogP contribution in [0, 0.1) is 0 Å². The van der Waals surface area contributed by atoms with Gasteiger partial charge in [-0.3, -0.25) is 9.59 Å². The van der Waals surface area contributed by atoms with E-state index in [0.29, 0.717) is 56.5 Å². The number of amides is 2. The molecule has 0 fully saturated rings. The molecule has 4 bridgehead atoms. The van der Waals surface area contributed by atoms with Gasteiger partial charge in [-0.1, -0.05) is 36.9 Å². The lowest BCUT2D eigenvalue weighted by atomic mass is 9.96. The summed E-state index contributed by atoms with van der Waals surface area (Å²) in [6.45, 7) is 4.83. The van der Waals surface area contributed by atoms with Crippen LogP contribution in [-0.2, 0) is 22.4 Å². The van der Waals surface area contributed by atoms with Gasteiger partial charge in [-0.05, 0) is 73.2 Å². The Hall–Kier alpha value is -3.44. The molecular formula is C29H42N6O4. The molecular weight excluding hydrogens is 496 g/mol. The van der Waals surface area contributed by atoms with Crippen LogP contribution >= 0.6 is 0 Å². The van der Waals surface area contributed by atoms with Gasteiger partial charge in [0.1, 0.15) is 11.8 Å². The highest BCUT2D eigenvalue weighted by Crippen LogP contribution is 2.28. The Kier molecular flexibility index (Phi) is 11.3. The van der Waals surface area contributed by atoms with Crippen LogP contribution in [0.5, 0.6) is 5.75 Å². The molecule has 0 radical (unpaired) electrons. The van der Waals surface area contributed by atoms with Gasteiger partial charge in [0, 0.05) is 18.5 Å². The first kappa shape index (κ1) is 30.1. The fraction of sp³-hybridized carbons (Fsp3) is 0.448. The first-order valence-corrected chi connectivity index (χ1v) is 13.5. The van der Waals surface area contributed by atoms with Crippen molar-refractivity contribution in [3.05, 3.63) is 65.9 Å². The lowest BCUT2D eigenvalue weighted by Gasteiger charge is -2.28. The number of aliphatic hydroxyl groups excluding tert-OH is 1. The molecule has 1 heterocycles. The van der Waals surface area contributed by atoms with Gasteiger partial charge in [0.2, 0.25) is 11.8 Å². The standard InChI is InChI=1S/C29H42N6O4/c1-18-25(8-4-12-31)35-28(38)24(32)16-22-15-21(9-10-27(22)37)20-6-2-5-19(13-20)14-26(33-18)29(39)34-23(17-36)7-3-11-30/h2,5-6,9-10,13,15,23-26,33,36-37H,1,3-4,7-8,11-12,14,16-17,30-32H2,(H,34,39)(H,35,38)/t23-,24-,25-,26-/m0/s1. The number of fused-ring (bicyclic) bond motifs is 5. The van der Waals surface area contributed by atoms with Crippen LogP contribution in [0.4, 0.5) is 0 Å². The molecule has 10 heteroatoms. The summed E-state index contributed by atoms with van der Waals surface area (Å²) in [6.07, 6.45) is 2.81. The number of nitrogens with one attached hydrogen (secondary N) is 3. The SMILES string of the molecule is C=C1N[C@H](C(=O)N[C@H](CO)CCCN)Cc2cccc(c2)-c2ccc(O)c(c2)C[C@H](N)C(=O)N[C@H]1CCCN. The van der Waals surface area contributed by atoms with Crippen molar-refractivity contribution in [3.8, 4) is 16.9 Å². The molecule has 1 aliphatic heterocycles. The number of nitrogens with two attached hydrogens (primary N) is 3.